The lowest BCUT2D eigenvalue weighted by Crippen LogP contribution is -2.30. The van der Waals surface area contributed by atoms with Crippen molar-refractivity contribution in [2.45, 2.75) is 32.5 Å². The van der Waals surface area contributed by atoms with Gasteiger partial charge in [-0.2, -0.15) is 9.90 Å². The van der Waals surface area contributed by atoms with Crippen LogP contribution in [0.15, 0.2) is 30.3 Å². The van der Waals surface area contributed by atoms with Crippen molar-refractivity contribution in [3.63, 3.8) is 0 Å². The van der Waals surface area contributed by atoms with Gasteiger partial charge in [-0.15, -0.1) is 10.2 Å². The Morgan fingerprint density at radius 2 is 1.96 bits per heavy atom. The van der Waals surface area contributed by atoms with Crippen LogP contribution in [0, 0.1) is 0 Å². The molecular formula is C18H21N7O2. The first-order valence-corrected chi connectivity index (χ1v) is 8.89. The molecule has 0 bridgehead atoms. The van der Waals surface area contributed by atoms with Crippen molar-refractivity contribution < 1.29 is 9.90 Å². The molecule has 0 saturated heterocycles. The number of carbonyl (C=O) groups is 1. The van der Waals surface area contributed by atoms with Crippen molar-refractivity contribution in [3.8, 4) is 11.4 Å². The number of tetrazole rings is 1. The molecular weight excluding hydrogens is 346 g/mol. The Kier molecular flexibility index (Phi) is 4.44. The van der Waals surface area contributed by atoms with Crippen LogP contribution in [0.25, 0.3) is 11.4 Å². The first-order chi connectivity index (χ1) is 13.0. The first-order valence-electron chi connectivity index (χ1n) is 8.89. The van der Waals surface area contributed by atoms with Gasteiger partial charge >= 0.3 is 0 Å². The van der Waals surface area contributed by atoms with Gasteiger partial charge in [0, 0.05) is 24.2 Å². The van der Waals surface area contributed by atoms with Crippen molar-refractivity contribution >= 4 is 5.91 Å². The lowest BCUT2D eigenvalue weighted by molar-refractivity contribution is 0.0746. The maximum atomic E-state index is 13.0. The molecule has 9 heteroatoms. The van der Waals surface area contributed by atoms with Crippen molar-refractivity contribution in [2.24, 2.45) is 7.05 Å². The summed E-state index contributed by atoms with van der Waals surface area (Å²) in [7, 11) is 1.71. The number of rotatable bonds is 3. The first kappa shape index (κ1) is 17.3. The summed E-state index contributed by atoms with van der Waals surface area (Å²) in [6.07, 6.45) is 0.206. The molecule has 0 radical (unpaired) electrons. The monoisotopic (exact) mass is 367 g/mol. The zero-order chi connectivity index (χ0) is 19.0. The summed E-state index contributed by atoms with van der Waals surface area (Å²) in [6.45, 7) is 3.58. The number of amides is 1. The van der Waals surface area contributed by atoms with Crippen molar-refractivity contribution in [3.05, 3.63) is 47.3 Å². The van der Waals surface area contributed by atoms with Gasteiger partial charge in [0.1, 0.15) is 0 Å². The molecule has 1 amide bonds. The fourth-order valence-corrected chi connectivity index (χ4v) is 3.21. The second kappa shape index (κ2) is 6.92. The molecule has 1 aromatic carbocycles. The van der Waals surface area contributed by atoms with Crippen LogP contribution in [0.5, 0.6) is 0 Å². The molecule has 140 valence electrons. The van der Waals surface area contributed by atoms with E-state index in [1.54, 1.807) is 26.1 Å². The summed E-state index contributed by atoms with van der Waals surface area (Å²) in [5.41, 5.74) is 3.01. The second-order valence-electron chi connectivity index (χ2n) is 6.72. The zero-order valence-corrected chi connectivity index (χ0v) is 15.3. The SMILES string of the molecule is C[C@H](O)c1cc2n(n1)CCCN(C(=O)c1ccc(-c3nnn(C)n3)cc1)C2. The molecule has 2 aromatic heterocycles. The number of aliphatic hydroxyl groups is 1. The van der Waals surface area contributed by atoms with E-state index < -0.39 is 6.10 Å². The normalized spacial score (nSPS) is 15.3. The summed E-state index contributed by atoms with van der Waals surface area (Å²) in [6, 6.07) is 9.11. The number of hydrogen-bond donors (Lipinski definition) is 1. The Bertz CT molecular complexity index is 959. The van der Waals surface area contributed by atoms with E-state index in [-0.39, 0.29) is 5.91 Å². The zero-order valence-electron chi connectivity index (χ0n) is 15.3. The molecule has 1 atom stereocenters. The summed E-state index contributed by atoms with van der Waals surface area (Å²) in [5, 5.41) is 26.1. The number of fused-ring (bicyclic) bond motifs is 1. The Hall–Kier alpha value is -3.07. The summed E-state index contributed by atoms with van der Waals surface area (Å²) >= 11 is 0. The Labute approximate surface area is 156 Å². The molecule has 0 unspecified atom stereocenters. The van der Waals surface area contributed by atoms with Crippen LogP contribution < -0.4 is 0 Å². The maximum Gasteiger partial charge on any atom is 0.254 e. The second-order valence-corrected chi connectivity index (χ2v) is 6.72. The molecule has 1 aliphatic rings. The Balaban J connectivity index is 1.53. The largest absolute Gasteiger partial charge is 0.387 e. The van der Waals surface area contributed by atoms with Crippen LogP contribution in [-0.4, -0.2) is 52.4 Å². The smallest absolute Gasteiger partial charge is 0.254 e. The maximum absolute atomic E-state index is 13.0. The van der Waals surface area contributed by atoms with Crippen molar-refractivity contribution in [1.82, 2.24) is 34.9 Å². The highest BCUT2D eigenvalue weighted by Crippen LogP contribution is 2.20. The average molecular weight is 367 g/mol. The van der Waals surface area contributed by atoms with Gasteiger partial charge in [0.2, 0.25) is 5.82 Å². The molecule has 0 spiro atoms. The topological polar surface area (TPSA) is 102 Å². The van der Waals surface area contributed by atoms with E-state index in [2.05, 4.69) is 20.5 Å². The number of benzene rings is 1. The van der Waals surface area contributed by atoms with E-state index in [1.807, 2.05) is 27.8 Å². The molecule has 4 rings (SSSR count). The van der Waals surface area contributed by atoms with Gasteiger partial charge in [0.25, 0.3) is 5.91 Å². The standard InChI is InChI=1S/C18H21N7O2/c1-12(26)16-10-15-11-24(8-3-9-25(15)20-16)18(27)14-6-4-13(5-7-14)17-19-22-23(2)21-17/h4-7,10,12,26H,3,8-9,11H2,1-2H3/t12-/m0/s1. The number of aliphatic hydroxyl groups excluding tert-OH is 1. The van der Waals surface area contributed by atoms with Gasteiger partial charge in [-0.25, -0.2) is 0 Å². The predicted molar refractivity (Wildman–Crippen MR) is 96.5 cm³/mol. The molecule has 0 aliphatic carbocycles. The van der Waals surface area contributed by atoms with E-state index >= 15 is 0 Å². The third kappa shape index (κ3) is 3.45. The lowest BCUT2D eigenvalue weighted by Gasteiger charge is -2.20. The molecule has 3 heterocycles. The fourth-order valence-electron chi connectivity index (χ4n) is 3.21. The summed E-state index contributed by atoms with van der Waals surface area (Å²) < 4.78 is 1.89. The van der Waals surface area contributed by atoms with Crippen LogP contribution in [0.4, 0.5) is 0 Å². The highest BCUT2D eigenvalue weighted by atomic mass is 16.3. The lowest BCUT2D eigenvalue weighted by atomic mass is 10.1. The van der Waals surface area contributed by atoms with Crippen LogP contribution in [0.3, 0.4) is 0 Å². The fraction of sp³-hybridized carbons (Fsp3) is 0.389. The highest BCUT2D eigenvalue weighted by molar-refractivity contribution is 5.94. The molecule has 3 aromatic rings. The summed E-state index contributed by atoms with van der Waals surface area (Å²) in [5.74, 6) is 0.503. The van der Waals surface area contributed by atoms with E-state index in [0.29, 0.717) is 30.2 Å². The highest BCUT2D eigenvalue weighted by Gasteiger charge is 2.22. The number of nitrogens with zero attached hydrogens (tertiary/aromatic N) is 7. The number of aryl methyl sites for hydroxylation is 2. The quantitative estimate of drug-likeness (QED) is 0.746. The van der Waals surface area contributed by atoms with E-state index in [9.17, 15) is 9.90 Å². The van der Waals surface area contributed by atoms with Crippen molar-refractivity contribution in [2.75, 3.05) is 6.54 Å². The molecule has 9 nitrogen and oxygen atoms in total. The summed E-state index contributed by atoms with van der Waals surface area (Å²) in [4.78, 5) is 16.2. The minimum atomic E-state index is -0.615. The van der Waals surface area contributed by atoms with Gasteiger partial charge in [-0.05, 0) is 36.8 Å². The molecule has 27 heavy (non-hydrogen) atoms. The average Bonchev–Trinajstić information content (AvgIpc) is 3.22. The molecule has 1 N–H and O–H groups in total. The third-order valence-corrected chi connectivity index (χ3v) is 4.65. The van der Waals surface area contributed by atoms with E-state index in [0.717, 1.165) is 24.2 Å². The minimum absolute atomic E-state index is 0.0260. The Morgan fingerprint density at radius 3 is 2.63 bits per heavy atom. The van der Waals surface area contributed by atoms with E-state index in [4.69, 9.17) is 0 Å². The van der Waals surface area contributed by atoms with Gasteiger partial charge in [-0.1, -0.05) is 12.1 Å². The van der Waals surface area contributed by atoms with Crippen LogP contribution in [0.1, 0.15) is 41.2 Å². The minimum Gasteiger partial charge on any atom is -0.387 e. The van der Waals surface area contributed by atoms with Crippen LogP contribution in [0.2, 0.25) is 0 Å². The van der Waals surface area contributed by atoms with E-state index in [1.165, 1.54) is 4.80 Å². The number of aromatic nitrogens is 6. The van der Waals surface area contributed by atoms with Gasteiger partial charge in [0.05, 0.1) is 31.1 Å². The van der Waals surface area contributed by atoms with Crippen molar-refractivity contribution in [1.29, 1.82) is 0 Å². The van der Waals surface area contributed by atoms with Gasteiger partial charge in [-0.3, -0.25) is 9.48 Å². The number of carbonyl (C=O) groups excluding carboxylic acids is 1. The van der Waals surface area contributed by atoms with Crippen LogP contribution >= 0.6 is 0 Å². The van der Waals surface area contributed by atoms with Gasteiger partial charge < -0.3 is 10.0 Å². The third-order valence-electron chi connectivity index (χ3n) is 4.65. The number of hydrogen-bond acceptors (Lipinski definition) is 6. The van der Waals surface area contributed by atoms with Crippen LogP contribution in [-0.2, 0) is 20.1 Å². The Morgan fingerprint density at radius 1 is 1.19 bits per heavy atom. The molecule has 1 aliphatic heterocycles. The molecule has 0 saturated carbocycles. The predicted octanol–water partition coefficient (Wildman–Crippen LogP) is 1.17. The molecule has 0 fully saturated rings. The van der Waals surface area contributed by atoms with Gasteiger partial charge in [0.15, 0.2) is 0 Å².